The SMILES string of the molecule is Cc1cc(N)c(-c2ccccc2)nc1-c1ccc(N)nc1. The number of benzene rings is 1. The van der Waals surface area contributed by atoms with E-state index < -0.39 is 0 Å². The lowest BCUT2D eigenvalue weighted by molar-refractivity contribution is 1.25. The Labute approximate surface area is 123 Å². The average molecular weight is 276 g/mol. The van der Waals surface area contributed by atoms with Gasteiger partial charge in [0.1, 0.15) is 5.82 Å². The van der Waals surface area contributed by atoms with Crippen molar-refractivity contribution < 1.29 is 0 Å². The molecule has 2 heterocycles. The van der Waals surface area contributed by atoms with Crippen molar-refractivity contribution in [3.8, 4) is 22.5 Å². The maximum atomic E-state index is 6.13. The minimum atomic E-state index is 0.495. The van der Waals surface area contributed by atoms with Gasteiger partial charge in [-0.25, -0.2) is 9.97 Å². The van der Waals surface area contributed by atoms with E-state index in [4.69, 9.17) is 16.5 Å². The van der Waals surface area contributed by atoms with Gasteiger partial charge in [-0.1, -0.05) is 30.3 Å². The van der Waals surface area contributed by atoms with E-state index in [9.17, 15) is 0 Å². The van der Waals surface area contributed by atoms with E-state index in [2.05, 4.69) is 4.98 Å². The fourth-order valence-corrected chi connectivity index (χ4v) is 2.30. The first-order chi connectivity index (χ1) is 10.1. The summed E-state index contributed by atoms with van der Waals surface area (Å²) in [5.41, 5.74) is 17.0. The summed E-state index contributed by atoms with van der Waals surface area (Å²) in [7, 11) is 0. The molecular weight excluding hydrogens is 260 g/mol. The van der Waals surface area contributed by atoms with Gasteiger partial charge in [0, 0.05) is 17.3 Å². The summed E-state index contributed by atoms with van der Waals surface area (Å²) in [5, 5.41) is 0. The lowest BCUT2D eigenvalue weighted by Gasteiger charge is -2.11. The lowest BCUT2D eigenvalue weighted by Crippen LogP contribution is -1.99. The molecule has 0 amide bonds. The number of rotatable bonds is 2. The first-order valence-corrected chi connectivity index (χ1v) is 6.69. The fraction of sp³-hybridized carbons (Fsp3) is 0.0588. The van der Waals surface area contributed by atoms with Crippen LogP contribution in [0.5, 0.6) is 0 Å². The third kappa shape index (κ3) is 2.56. The maximum Gasteiger partial charge on any atom is 0.123 e. The largest absolute Gasteiger partial charge is 0.397 e. The smallest absolute Gasteiger partial charge is 0.123 e. The van der Waals surface area contributed by atoms with E-state index in [0.717, 1.165) is 28.1 Å². The Kier molecular flexibility index (Phi) is 3.28. The molecule has 2 aromatic heterocycles. The maximum absolute atomic E-state index is 6.13. The van der Waals surface area contributed by atoms with Crippen molar-refractivity contribution in [2.75, 3.05) is 11.5 Å². The van der Waals surface area contributed by atoms with Crippen molar-refractivity contribution in [3.63, 3.8) is 0 Å². The summed E-state index contributed by atoms with van der Waals surface area (Å²) in [6, 6.07) is 15.6. The molecule has 0 spiro atoms. The van der Waals surface area contributed by atoms with E-state index >= 15 is 0 Å². The zero-order valence-electron chi connectivity index (χ0n) is 11.7. The van der Waals surface area contributed by atoms with Gasteiger partial charge in [0.15, 0.2) is 0 Å². The lowest BCUT2D eigenvalue weighted by atomic mass is 10.0. The molecule has 21 heavy (non-hydrogen) atoms. The summed E-state index contributed by atoms with van der Waals surface area (Å²) in [6.07, 6.45) is 1.73. The Morgan fingerprint density at radius 3 is 2.29 bits per heavy atom. The van der Waals surface area contributed by atoms with Crippen molar-refractivity contribution in [1.82, 2.24) is 9.97 Å². The van der Waals surface area contributed by atoms with Crippen LogP contribution in [0.2, 0.25) is 0 Å². The highest BCUT2D eigenvalue weighted by molar-refractivity contribution is 5.77. The Bertz CT molecular complexity index is 765. The second-order valence-electron chi connectivity index (χ2n) is 4.93. The van der Waals surface area contributed by atoms with Gasteiger partial charge >= 0.3 is 0 Å². The molecule has 1 aromatic carbocycles. The van der Waals surface area contributed by atoms with Gasteiger partial charge in [-0.15, -0.1) is 0 Å². The zero-order valence-corrected chi connectivity index (χ0v) is 11.7. The molecule has 0 fully saturated rings. The summed E-state index contributed by atoms with van der Waals surface area (Å²) in [6.45, 7) is 1.99. The Morgan fingerprint density at radius 2 is 1.62 bits per heavy atom. The standard InChI is InChI=1S/C17H16N4/c1-11-9-14(18)17(12-5-3-2-4-6-12)21-16(11)13-7-8-15(19)20-10-13/h2-10H,18H2,1H3,(H2,19,20). The highest BCUT2D eigenvalue weighted by Crippen LogP contribution is 2.30. The molecule has 3 aromatic rings. The first-order valence-electron chi connectivity index (χ1n) is 6.69. The molecule has 3 rings (SSSR count). The van der Waals surface area contributed by atoms with Crippen molar-refractivity contribution in [2.45, 2.75) is 6.92 Å². The van der Waals surface area contributed by atoms with Crippen molar-refractivity contribution in [1.29, 1.82) is 0 Å². The highest BCUT2D eigenvalue weighted by Gasteiger charge is 2.11. The molecule has 0 saturated carbocycles. The van der Waals surface area contributed by atoms with Gasteiger partial charge in [0.2, 0.25) is 0 Å². The Morgan fingerprint density at radius 1 is 0.857 bits per heavy atom. The number of nitrogens with two attached hydrogens (primary N) is 2. The number of hydrogen-bond donors (Lipinski definition) is 2. The molecule has 0 saturated heterocycles. The minimum Gasteiger partial charge on any atom is -0.397 e. The average Bonchev–Trinajstić information content (AvgIpc) is 2.49. The molecule has 4 heteroatoms. The van der Waals surface area contributed by atoms with Crippen LogP contribution in [-0.4, -0.2) is 9.97 Å². The van der Waals surface area contributed by atoms with Gasteiger partial charge in [-0.05, 0) is 30.7 Å². The van der Waals surface area contributed by atoms with Crippen molar-refractivity contribution in [3.05, 3.63) is 60.3 Å². The molecule has 104 valence electrons. The third-order valence-electron chi connectivity index (χ3n) is 3.35. The number of nitrogens with zero attached hydrogens (tertiary/aromatic N) is 2. The predicted molar refractivity (Wildman–Crippen MR) is 86.5 cm³/mol. The summed E-state index contributed by atoms with van der Waals surface area (Å²) in [5.74, 6) is 0.495. The molecule has 0 aliphatic heterocycles. The van der Waals surface area contributed by atoms with Crippen molar-refractivity contribution >= 4 is 11.5 Å². The normalized spacial score (nSPS) is 10.5. The Hall–Kier alpha value is -2.88. The molecule has 4 nitrogen and oxygen atoms in total. The Balaban J connectivity index is 2.16. The number of nitrogen functional groups attached to an aromatic ring is 2. The van der Waals surface area contributed by atoms with E-state index in [0.29, 0.717) is 11.5 Å². The van der Waals surface area contributed by atoms with Gasteiger partial charge in [0.25, 0.3) is 0 Å². The molecule has 0 unspecified atom stereocenters. The fourth-order valence-electron chi connectivity index (χ4n) is 2.30. The predicted octanol–water partition coefficient (Wildman–Crippen LogP) is 3.28. The van der Waals surface area contributed by atoms with Crippen LogP contribution in [0, 0.1) is 6.92 Å². The van der Waals surface area contributed by atoms with Gasteiger partial charge in [-0.3, -0.25) is 0 Å². The molecular formula is C17H16N4. The van der Waals surface area contributed by atoms with Crippen LogP contribution in [0.3, 0.4) is 0 Å². The van der Waals surface area contributed by atoms with Crippen LogP contribution in [-0.2, 0) is 0 Å². The zero-order chi connectivity index (χ0) is 14.8. The van der Waals surface area contributed by atoms with Gasteiger partial charge in [-0.2, -0.15) is 0 Å². The number of anilines is 2. The topological polar surface area (TPSA) is 77.8 Å². The second kappa shape index (κ2) is 5.25. The molecule has 0 aliphatic rings. The molecule has 0 aliphatic carbocycles. The van der Waals surface area contributed by atoms with Crippen LogP contribution < -0.4 is 11.5 Å². The number of hydrogen-bond acceptors (Lipinski definition) is 4. The second-order valence-corrected chi connectivity index (χ2v) is 4.93. The molecule has 0 bridgehead atoms. The minimum absolute atomic E-state index is 0.495. The molecule has 4 N–H and O–H groups in total. The molecule has 0 atom stereocenters. The summed E-state index contributed by atoms with van der Waals surface area (Å²) < 4.78 is 0. The summed E-state index contributed by atoms with van der Waals surface area (Å²) in [4.78, 5) is 8.86. The van der Waals surface area contributed by atoms with Crippen LogP contribution >= 0.6 is 0 Å². The monoisotopic (exact) mass is 276 g/mol. The number of aryl methyl sites for hydroxylation is 1. The summed E-state index contributed by atoms with van der Waals surface area (Å²) >= 11 is 0. The van der Waals surface area contributed by atoms with Crippen LogP contribution in [0.4, 0.5) is 11.5 Å². The van der Waals surface area contributed by atoms with Crippen molar-refractivity contribution in [2.24, 2.45) is 0 Å². The van der Waals surface area contributed by atoms with E-state index in [1.165, 1.54) is 0 Å². The van der Waals surface area contributed by atoms with Gasteiger partial charge < -0.3 is 11.5 Å². The number of aromatic nitrogens is 2. The van der Waals surface area contributed by atoms with E-state index in [1.54, 1.807) is 12.3 Å². The van der Waals surface area contributed by atoms with E-state index in [-0.39, 0.29) is 0 Å². The quantitative estimate of drug-likeness (QED) is 0.753. The van der Waals surface area contributed by atoms with Crippen LogP contribution in [0.15, 0.2) is 54.7 Å². The van der Waals surface area contributed by atoms with Crippen LogP contribution in [0.1, 0.15) is 5.56 Å². The third-order valence-corrected chi connectivity index (χ3v) is 3.35. The number of pyridine rings is 2. The van der Waals surface area contributed by atoms with E-state index in [1.807, 2.05) is 49.4 Å². The van der Waals surface area contributed by atoms with Gasteiger partial charge in [0.05, 0.1) is 17.1 Å². The molecule has 0 radical (unpaired) electrons. The highest BCUT2D eigenvalue weighted by atomic mass is 14.8. The van der Waals surface area contributed by atoms with Crippen LogP contribution in [0.25, 0.3) is 22.5 Å². The first kappa shape index (κ1) is 13.1.